The Morgan fingerprint density at radius 3 is 2.64 bits per heavy atom. The molecule has 2 aromatic rings. The largest absolute Gasteiger partial charge is 0.481 e. The summed E-state index contributed by atoms with van der Waals surface area (Å²) in [5.74, 6) is -0.855. The number of nitrogens with one attached hydrogen (secondary N) is 1. The molecule has 0 saturated heterocycles. The molecule has 0 aromatic heterocycles. The fourth-order valence-corrected chi connectivity index (χ4v) is 2.28. The lowest BCUT2D eigenvalue weighted by Gasteiger charge is -2.15. The SMILES string of the molecule is C=CCCOC(C)C(=O)Nc1ccc(OCC(=O)O)c2ccccc12. The molecule has 0 fully saturated rings. The van der Waals surface area contributed by atoms with E-state index in [-0.39, 0.29) is 5.91 Å². The number of amides is 1. The smallest absolute Gasteiger partial charge is 0.341 e. The van der Waals surface area contributed by atoms with E-state index in [1.54, 1.807) is 25.1 Å². The zero-order valence-corrected chi connectivity index (χ0v) is 14.0. The molecule has 0 bridgehead atoms. The fourth-order valence-electron chi connectivity index (χ4n) is 2.28. The normalized spacial score (nSPS) is 11.7. The summed E-state index contributed by atoms with van der Waals surface area (Å²) in [5, 5.41) is 13.1. The number of carboxylic acid groups (broad SMARTS) is 1. The van der Waals surface area contributed by atoms with Gasteiger partial charge in [-0.2, -0.15) is 0 Å². The van der Waals surface area contributed by atoms with Gasteiger partial charge in [0.2, 0.25) is 0 Å². The second-order valence-electron chi connectivity index (χ2n) is 5.42. The van der Waals surface area contributed by atoms with Gasteiger partial charge in [-0.05, 0) is 25.5 Å². The molecule has 6 nitrogen and oxygen atoms in total. The number of carboxylic acids is 1. The molecule has 0 aliphatic heterocycles. The molecule has 0 spiro atoms. The third-order valence-electron chi connectivity index (χ3n) is 3.55. The van der Waals surface area contributed by atoms with Crippen molar-refractivity contribution in [2.45, 2.75) is 19.4 Å². The van der Waals surface area contributed by atoms with Crippen LogP contribution in [0.4, 0.5) is 5.69 Å². The summed E-state index contributed by atoms with van der Waals surface area (Å²) in [6, 6.07) is 10.6. The molecule has 0 aliphatic carbocycles. The number of ether oxygens (including phenoxy) is 2. The molecule has 6 heteroatoms. The van der Waals surface area contributed by atoms with Crippen LogP contribution in [0.25, 0.3) is 10.8 Å². The molecule has 132 valence electrons. The Kier molecular flexibility index (Phi) is 6.54. The fraction of sp³-hybridized carbons (Fsp3) is 0.263. The lowest BCUT2D eigenvalue weighted by Crippen LogP contribution is -2.28. The van der Waals surface area contributed by atoms with Gasteiger partial charge in [0.15, 0.2) is 6.61 Å². The minimum Gasteiger partial charge on any atom is -0.481 e. The predicted octanol–water partition coefficient (Wildman–Crippen LogP) is 3.22. The van der Waals surface area contributed by atoms with Crippen molar-refractivity contribution in [1.29, 1.82) is 0 Å². The maximum absolute atomic E-state index is 12.3. The third kappa shape index (κ3) is 5.06. The zero-order chi connectivity index (χ0) is 18.2. The molecule has 1 amide bonds. The van der Waals surface area contributed by atoms with E-state index < -0.39 is 18.7 Å². The number of carbonyl (C=O) groups is 2. The Labute approximate surface area is 146 Å². The standard InChI is InChI=1S/C19H21NO5/c1-3-4-11-24-13(2)19(23)20-16-9-10-17(25-12-18(21)22)15-8-6-5-7-14(15)16/h3,5-10,13H,1,4,11-12H2,2H3,(H,20,23)(H,21,22). The number of hydrogen-bond acceptors (Lipinski definition) is 4. The van der Waals surface area contributed by atoms with Crippen LogP contribution in [0.2, 0.25) is 0 Å². The van der Waals surface area contributed by atoms with E-state index in [0.29, 0.717) is 24.5 Å². The van der Waals surface area contributed by atoms with E-state index in [0.717, 1.165) is 10.8 Å². The Morgan fingerprint density at radius 2 is 1.96 bits per heavy atom. The number of fused-ring (bicyclic) bond motifs is 1. The summed E-state index contributed by atoms with van der Waals surface area (Å²) in [7, 11) is 0. The lowest BCUT2D eigenvalue weighted by atomic mass is 10.1. The van der Waals surface area contributed by atoms with E-state index in [9.17, 15) is 9.59 Å². The molecule has 2 N–H and O–H groups in total. The van der Waals surface area contributed by atoms with Gasteiger partial charge in [0, 0.05) is 16.5 Å². The van der Waals surface area contributed by atoms with Crippen molar-refractivity contribution < 1.29 is 24.2 Å². The van der Waals surface area contributed by atoms with E-state index >= 15 is 0 Å². The van der Waals surface area contributed by atoms with Gasteiger partial charge >= 0.3 is 5.97 Å². The number of rotatable bonds is 9. The second kappa shape index (κ2) is 8.84. The average Bonchev–Trinajstić information content (AvgIpc) is 2.61. The van der Waals surface area contributed by atoms with Crippen molar-refractivity contribution in [2.24, 2.45) is 0 Å². The molecule has 1 unspecified atom stereocenters. The molecule has 0 aliphatic rings. The summed E-state index contributed by atoms with van der Waals surface area (Å²) in [6.45, 7) is 5.30. The van der Waals surface area contributed by atoms with Gasteiger partial charge in [-0.15, -0.1) is 6.58 Å². The van der Waals surface area contributed by atoms with Crippen LogP contribution in [0.3, 0.4) is 0 Å². The van der Waals surface area contributed by atoms with Gasteiger partial charge in [0.05, 0.1) is 6.61 Å². The number of aliphatic carboxylic acids is 1. The highest BCUT2D eigenvalue weighted by molar-refractivity contribution is 6.05. The minimum atomic E-state index is -1.05. The highest BCUT2D eigenvalue weighted by Gasteiger charge is 2.15. The first kappa shape index (κ1) is 18.5. The minimum absolute atomic E-state index is 0.256. The Balaban J connectivity index is 2.18. The van der Waals surface area contributed by atoms with Crippen LogP contribution >= 0.6 is 0 Å². The maximum Gasteiger partial charge on any atom is 0.341 e. The molecular formula is C19H21NO5. The Bertz CT molecular complexity index is 771. The summed E-state index contributed by atoms with van der Waals surface area (Å²) >= 11 is 0. The molecular weight excluding hydrogens is 322 g/mol. The highest BCUT2D eigenvalue weighted by Crippen LogP contribution is 2.31. The monoisotopic (exact) mass is 343 g/mol. The van der Waals surface area contributed by atoms with Crippen molar-refractivity contribution in [1.82, 2.24) is 0 Å². The van der Waals surface area contributed by atoms with Crippen molar-refractivity contribution in [3.05, 3.63) is 49.1 Å². The maximum atomic E-state index is 12.3. The van der Waals surface area contributed by atoms with Gasteiger partial charge < -0.3 is 19.9 Å². The molecule has 0 saturated carbocycles. The Morgan fingerprint density at radius 1 is 1.24 bits per heavy atom. The van der Waals surface area contributed by atoms with Gasteiger partial charge in [-0.25, -0.2) is 4.79 Å². The van der Waals surface area contributed by atoms with Crippen molar-refractivity contribution >= 4 is 28.3 Å². The first-order valence-electron chi connectivity index (χ1n) is 7.92. The number of hydrogen-bond donors (Lipinski definition) is 2. The lowest BCUT2D eigenvalue weighted by molar-refractivity contribution is -0.139. The van der Waals surface area contributed by atoms with Crippen LogP contribution in [0, 0.1) is 0 Å². The summed E-state index contributed by atoms with van der Waals surface area (Å²) < 4.78 is 10.8. The van der Waals surface area contributed by atoms with Crippen molar-refractivity contribution in [2.75, 3.05) is 18.5 Å². The summed E-state index contributed by atoms with van der Waals surface area (Å²) in [5.41, 5.74) is 0.613. The highest BCUT2D eigenvalue weighted by atomic mass is 16.5. The predicted molar refractivity (Wildman–Crippen MR) is 95.9 cm³/mol. The van der Waals surface area contributed by atoms with E-state index in [2.05, 4.69) is 11.9 Å². The second-order valence-corrected chi connectivity index (χ2v) is 5.42. The molecule has 2 aromatic carbocycles. The zero-order valence-electron chi connectivity index (χ0n) is 14.0. The third-order valence-corrected chi connectivity index (χ3v) is 3.55. The molecule has 2 rings (SSSR count). The van der Waals surface area contributed by atoms with Crippen molar-refractivity contribution in [3.8, 4) is 5.75 Å². The van der Waals surface area contributed by atoms with Crippen LogP contribution in [0.1, 0.15) is 13.3 Å². The van der Waals surface area contributed by atoms with Gasteiger partial charge in [0.25, 0.3) is 5.91 Å². The number of anilines is 1. The van der Waals surface area contributed by atoms with Crippen LogP contribution < -0.4 is 10.1 Å². The van der Waals surface area contributed by atoms with E-state index in [4.69, 9.17) is 14.6 Å². The topological polar surface area (TPSA) is 84.9 Å². The molecule has 0 radical (unpaired) electrons. The van der Waals surface area contributed by atoms with Gasteiger partial charge in [0.1, 0.15) is 11.9 Å². The van der Waals surface area contributed by atoms with Crippen LogP contribution in [-0.2, 0) is 14.3 Å². The van der Waals surface area contributed by atoms with Crippen LogP contribution in [-0.4, -0.2) is 36.3 Å². The summed E-state index contributed by atoms with van der Waals surface area (Å²) in [4.78, 5) is 23.0. The number of carbonyl (C=O) groups excluding carboxylic acids is 1. The number of benzene rings is 2. The van der Waals surface area contributed by atoms with Gasteiger partial charge in [-0.3, -0.25) is 4.79 Å². The quantitative estimate of drug-likeness (QED) is 0.539. The first-order chi connectivity index (χ1) is 12.0. The molecule has 25 heavy (non-hydrogen) atoms. The van der Waals surface area contributed by atoms with E-state index in [1.807, 2.05) is 24.3 Å². The van der Waals surface area contributed by atoms with Crippen molar-refractivity contribution in [3.63, 3.8) is 0 Å². The van der Waals surface area contributed by atoms with Gasteiger partial charge in [-0.1, -0.05) is 30.3 Å². The van der Waals surface area contributed by atoms with Crippen LogP contribution in [0.5, 0.6) is 5.75 Å². The Hall–Kier alpha value is -2.86. The van der Waals surface area contributed by atoms with E-state index in [1.165, 1.54) is 0 Å². The molecule has 0 heterocycles. The van der Waals surface area contributed by atoms with Crippen LogP contribution in [0.15, 0.2) is 49.1 Å². The first-order valence-corrected chi connectivity index (χ1v) is 7.92. The molecule has 1 atom stereocenters. The average molecular weight is 343 g/mol. The summed E-state index contributed by atoms with van der Waals surface area (Å²) in [6.07, 6.45) is 1.81.